The maximum absolute atomic E-state index is 13.0. The van der Waals surface area contributed by atoms with Gasteiger partial charge in [-0.25, -0.2) is 4.39 Å². The molecule has 0 saturated carbocycles. The zero-order chi connectivity index (χ0) is 13.7. The van der Waals surface area contributed by atoms with Gasteiger partial charge in [-0.3, -0.25) is 0 Å². The van der Waals surface area contributed by atoms with Crippen LogP contribution in [0, 0.1) is 5.82 Å². The van der Waals surface area contributed by atoms with Crippen LogP contribution in [-0.2, 0) is 6.61 Å². The summed E-state index contributed by atoms with van der Waals surface area (Å²) < 4.78 is 18.7. The molecule has 2 rings (SSSR count). The average Bonchev–Trinajstić information content (AvgIpc) is 2.45. The third kappa shape index (κ3) is 3.31. The van der Waals surface area contributed by atoms with E-state index < -0.39 is 0 Å². The highest BCUT2D eigenvalue weighted by molar-refractivity contribution is 6.00. The maximum atomic E-state index is 13.0. The third-order valence-corrected chi connectivity index (χ3v) is 2.71. The number of halogens is 1. The Bertz CT molecular complexity index is 596. The van der Waals surface area contributed by atoms with E-state index in [0.717, 1.165) is 5.56 Å². The molecule has 0 atom stereocenters. The minimum atomic E-state index is -0.289. The smallest absolute Gasteiger partial charge is 0.128 e. The normalized spacial score (nSPS) is 11.4. The lowest BCUT2D eigenvalue weighted by molar-refractivity contribution is 0.303. The second-order valence-corrected chi connectivity index (χ2v) is 4.10. The van der Waals surface area contributed by atoms with Gasteiger partial charge in [-0.1, -0.05) is 29.4 Å². The van der Waals surface area contributed by atoms with Crippen molar-refractivity contribution in [3.63, 3.8) is 0 Å². The molecule has 0 bridgehead atoms. The van der Waals surface area contributed by atoms with E-state index in [1.54, 1.807) is 31.2 Å². The van der Waals surface area contributed by atoms with Crippen LogP contribution in [0.3, 0.4) is 0 Å². The first-order chi connectivity index (χ1) is 9.20. The highest BCUT2D eigenvalue weighted by atomic mass is 19.1. The molecule has 1 N–H and O–H groups in total. The van der Waals surface area contributed by atoms with Crippen LogP contribution in [0.1, 0.15) is 18.1 Å². The van der Waals surface area contributed by atoms with Crippen molar-refractivity contribution in [3.8, 4) is 5.75 Å². The van der Waals surface area contributed by atoms with Gasteiger partial charge in [0.15, 0.2) is 0 Å². The Morgan fingerprint density at radius 2 is 2.00 bits per heavy atom. The van der Waals surface area contributed by atoms with Gasteiger partial charge in [-0.2, -0.15) is 0 Å². The number of hydrogen-bond donors (Lipinski definition) is 1. The van der Waals surface area contributed by atoms with Gasteiger partial charge in [0.05, 0.1) is 5.71 Å². The van der Waals surface area contributed by atoms with E-state index in [9.17, 15) is 4.39 Å². The Morgan fingerprint density at radius 3 is 2.74 bits per heavy atom. The van der Waals surface area contributed by atoms with E-state index in [-0.39, 0.29) is 12.4 Å². The van der Waals surface area contributed by atoms with Crippen molar-refractivity contribution >= 4 is 5.71 Å². The number of rotatable bonds is 4. The number of oxime groups is 1. The van der Waals surface area contributed by atoms with E-state index in [2.05, 4.69) is 5.16 Å². The molecule has 0 aliphatic rings. The van der Waals surface area contributed by atoms with E-state index >= 15 is 0 Å². The molecule has 0 heterocycles. The Labute approximate surface area is 111 Å². The molecule has 0 radical (unpaired) electrons. The molecule has 0 fully saturated rings. The molecule has 0 aliphatic carbocycles. The van der Waals surface area contributed by atoms with Crippen LogP contribution in [0.25, 0.3) is 0 Å². The topological polar surface area (TPSA) is 41.8 Å². The Balaban J connectivity index is 2.16. The maximum Gasteiger partial charge on any atom is 0.128 e. The fraction of sp³-hybridized carbons (Fsp3) is 0.133. The van der Waals surface area contributed by atoms with Crippen LogP contribution in [0.4, 0.5) is 4.39 Å². The summed E-state index contributed by atoms with van der Waals surface area (Å²) in [5.74, 6) is 0.310. The molecule has 0 unspecified atom stereocenters. The minimum absolute atomic E-state index is 0.257. The number of nitrogens with zero attached hydrogens (tertiary/aromatic N) is 1. The van der Waals surface area contributed by atoms with Gasteiger partial charge in [0.1, 0.15) is 18.2 Å². The zero-order valence-corrected chi connectivity index (χ0v) is 10.5. The standard InChI is InChI=1S/C15H14FNO2/c1-11(17-18)14-7-2-3-8-15(14)19-10-12-5-4-6-13(16)9-12/h2-9,18H,10H2,1H3/b17-11+. The molecule has 0 spiro atoms. The third-order valence-electron chi connectivity index (χ3n) is 2.71. The second kappa shape index (κ2) is 6.00. The summed E-state index contributed by atoms with van der Waals surface area (Å²) in [5.41, 5.74) is 1.92. The van der Waals surface area contributed by atoms with E-state index in [4.69, 9.17) is 9.94 Å². The van der Waals surface area contributed by atoms with Gasteiger partial charge in [-0.05, 0) is 36.8 Å². The molecule has 0 aromatic heterocycles. The average molecular weight is 259 g/mol. The molecule has 0 aliphatic heterocycles. The quantitative estimate of drug-likeness (QED) is 0.518. The van der Waals surface area contributed by atoms with Crippen LogP contribution >= 0.6 is 0 Å². The van der Waals surface area contributed by atoms with E-state index in [1.165, 1.54) is 12.1 Å². The molecule has 98 valence electrons. The van der Waals surface area contributed by atoms with Crippen LogP contribution < -0.4 is 4.74 Å². The summed E-state index contributed by atoms with van der Waals surface area (Å²) in [6, 6.07) is 13.5. The Hall–Kier alpha value is -2.36. The number of ether oxygens (including phenoxy) is 1. The molecular formula is C15H14FNO2. The van der Waals surface area contributed by atoms with E-state index in [0.29, 0.717) is 17.0 Å². The predicted octanol–water partition coefficient (Wildman–Crippen LogP) is 3.60. The van der Waals surface area contributed by atoms with Crippen LogP contribution in [0.15, 0.2) is 53.7 Å². The Morgan fingerprint density at radius 1 is 1.21 bits per heavy atom. The SMILES string of the molecule is C/C(=N\O)c1ccccc1OCc1cccc(F)c1. The largest absolute Gasteiger partial charge is 0.488 e. The highest BCUT2D eigenvalue weighted by Gasteiger charge is 2.06. The summed E-state index contributed by atoms with van der Waals surface area (Å²) in [6.07, 6.45) is 0. The van der Waals surface area contributed by atoms with Gasteiger partial charge in [0, 0.05) is 5.56 Å². The monoisotopic (exact) mass is 259 g/mol. The zero-order valence-electron chi connectivity index (χ0n) is 10.5. The number of para-hydroxylation sites is 1. The summed E-state index contributed by atoms with van der Waals surface area (Å²) in [6.45, 7) is 1.94. The molecule has 0 amide bonds. The molecule has 4 heteroatoms. The van der Waals surface area contributed by atoms with Crippen molar-refractivity contribution in [3.05, 3.63) is 65.5 Å². The van der Waals surface area contributed by atoms with Crippen LogP contribution in [-0.4, -0.2) is 10.9 Å². The lowest BCUT2D eigenvalue weighted by Crippen LogP contribution is -2.02. The van der Waals surface area contributed by atoms with Gasteiger partial charge >= 0.3 is 0 Å². The fourth-order valence-corrected chi connectivity index (χ4v) is 1.73. The molecule has 0 saturated heterocycles. The van der Waals surface area contributed by atoms with Crippen molar-refractivity contribution in [2.75, 3.05) is 0 Å². The highest BCUT2D eigenvalue weighted by Crippen LogP contribution is 2.20. The second-order valence-electron chi connectivity index (χ2n) is 4.10. The van der Waals surface area contributed by atoms with Crippen molar-refractivity contribution < 1.29 is 14.3 Å². The van der Waals surface area contributed by atoms with Crippen molar-refractivity contribution in [1.29, 1.82) is 0 Å². The van der Waals surface area contributed by atoms with Gasteiger partial charge in [0.25, 0.3) is 0 Å². The van der Waals surface area contributed by atoms with Crippen molar-refractivity contribution in [2.24, 2.45) is 5.16 Å². The Kier molecular flexibility index (Phi) is 4.13. The van der Waals surface area contributed by atoms with Gasteiger partial charge in [0.2, 0.25) is 0 Å². The fourth-order valence-electron chi connectivity index (χ4n) is 1.73. The summed E-state index contributed by atoms with van der Waals surface area (Å²) in [4.78, 5) is 0. The van der Waals surface area contributed by atoms with Crippen molar-refractivity contribution in [1.82, 2.24) is 0 Å². The minimum Gasteiger partial charge on any atom is -0.488 e. The molecular weight excluding hydrogens is 245 g/mol. The molecule has 2 aromatic rings. The summed E-state index contributed by atoms with van der Waals surface area (Å²) in [5, 5.41) is 12.0. The van der Waals surface area contributed by atoms with Gasteiger partial charge < -0.3 is 9.94 Å². The predicted molar refractivity (Wildman–Crippen MR) is 71.2 cm³/mol. The molecule has 2 aromatic carbocycles. The van der Waals surface area contributed by atoms with Gasteiger partial charge in [-0.15, -0.1) is 0 Å². The lowest BCUT2D eigenvalue weighted by atomic mass is 10.1. The number of hydrogen-bond acceptors (Lipinski definition) is 3. The first-order valence-corrected chi connectivity index (χ1v) is 5.86. The van der Waals surface area contributed by atoms with E-state index in [1.807, 2.05) is 12.1 Å². The summed E-state index contributed by atoms with van der Waals surface area (Å²) >= 11 is 0. The first-order valence-electron chi connectivity index (χ1n) is 5.86. The molecule has 3 nitrogen and oxygen atoms in total. The first kappa shape index (κ1) is 13.1. The van der Waals surface area contributed by atoms with Crippen LogP contribution in [0.5, 0.6) is 5.75 Å². The molecule has 19 heavy (non-hydrogen) atoms. The number of benzene rings is 2. The lowest BCUT2D eigenvalue weighted by Gasteiger charge is -2.10. The van der Waals surface area contributed by atoms with Crippen molar-refractivity contribution in [2.45, 2.75) is 13.5 Å². The summed E-state index contributed by atoms with van der Waals surface area (Å²) in [7, 11) is 0. The van der Waals surface area contributed by atoms with Crippen LogP contribution in [0.2, 0.25) is 0 Å².